The Morgan fingerprint density at radius 1 is 0.531 bits per heavy atom. The van der Waals surface area contributed by atoms with Crippen molar-refractivity contribution in [3.05, 3.63) is 12.2 Å². The molecule has 0 aromatic carbocycles. The molecular formula is C69H124N12O14S. The van der Waals surface area contributed by atoms with Crippen LogP contribution in [0.5, 0.6) is 0 Å². The fourth-order valence-electron chi connectivity index (χ4n) is 12.2. The molecule has 2 saturated heterocycles. The summed E-state index contributed by atoms with van der Waals surface area (Å²) in [5, 5.41) is 34.8. The molecule has 2 aliphatic heterocycles. The lowest BCUT2D eigenvalue weighted by molar-refractivity contribution is -0.157. The van der Waals surface area contributed by atoms with E-state index in [1.54, 1.807) is 60.6 Å². The van der Waals surface area contributed by atoms with Crippen molar-refractivity contribution < 1.29 is 67.7 Å². The summed E-state index contributed by atoms with van der Waals surface area (Å²) >= 11 is 1.39. The number of carbonyl (C=O) groups is 11. The van der Waals surface area contributed by atoms with Gasteiger partial charge in [-0.25, -0.2) is 0 Å². The van der Waals surface area contributed by atoms with Gasteiger partial charge in [-0.15, -0.1) is 0 Å². The second kappa shape index (κ2) is 39.6. The van der Waals surface area contributed by atoms with Gasteiger partial charge in [0.2, 0.25) is 65.0 Å². The number of aliphatic hydroxyl groups excluding tert-OH is 1. The highest BCUT2D eigenvalue weighted by Gasteiger charge is 2.47. The van der Waals surface area contributed by atoms with Gasteiger partial charge in [0.25, 0.3) is 0 Å². The summed E-state index contributed by atoms with van der Waals surface area (Å²) < 4.78 is 5.55. The number of allylic oxidation sites excluding steroid dienone is 2. The SMILES string of the molecule is C/C=C/C[C@@H](C)[C@@H](O)[C@H]1C(=O)N[C@@H](CC)C(=O)N(C)[C@@H](CSCCN2CCOCC2)C(=O)N(C)[C@@H](CC(C)(C)O)C(=O)N[C@@H](C(C)C)C(=O)N(C)[C@@H](CC(C)C)C(=O)N[C@@H](C)C(=O)N[C@H](C)C(=O)N(C)[C@@H](CC(C)C)C(=O)N(C)[C@@H](CC(C)C)C(=O)N(C)[C@@H](C(C)C)C(=O)N1C. The van der Waals surface area contributed by atoms with E-state index in [1.807, 2.05) is 41.5 Å². The molecule has 2 fully saturated rings. The molecule has 0 radical (unpaired) electrons. The molecule has 13 atom stereocenters. The van der Waals surface area contributed by atoms with Crippen LogP contribution in [-0.4, -0.2) is 286 Å². The third kappa shape index (κ3) is 24.8. The minimum atomic E-state index is -1.66. The molecule has 27 heteroatoms. The van der Waals surface area contributed by atoms with Gasteiger partial charge in [0.15, 0.2) is 0 Å². The predicted octanol–water partition coefficient (Wildman–Crippen LogP) is 2.82. The molecule has 26 nitrogen and oxygen atoms in total. The summed E-state index contributed by atoms with van der Waals surface area (Å²) in [5.74, 6) is -9.77. The molecule has 0 aliphatic carbocycles. The fourth-order valence-corrected chi connectivity index (χ4v) is 13.3. The van der Waals surface area contributed by atoms with Crippen molar-refractivity contribution in [2.24, 2.45) is 35.5 Å². The van der Waals surface area contributed by atoms with Crippen molar-refractivity contribution in [3.63, 3.8) is 0 Å². The third-order valence-corrected chi connectivity index (χ3v) is 19.3. The minimum Gasteiger partial charge on any atom is -0.390 e. The molecule has 0 aromatic heterocycles. The number of likely N-dealkylation sites (N-methyl/N-ethyl adjacent to an activating group) is 7. The number of hydrogen-bond donors (Lipinski definition) is 6. The maximum Gasteiger partial charge on any atom is 0.246 e. The fraction of sp³-hybridized carbons (Fsp3) is 0.812. The molecule has 2 rings (SSSR count). The number of hydrogen-bond acceptors (Lipinski definition) is 16. The molecule has 0 aromatic rings. The molecule has 0 saturated carbocycles. The van der Waals surface area contributed by atoms with Gasteiger partial charge in [-0.05, 0) is 102 Å². The third-order valence-electron chi connectivity index (χ3n) is 18.3. The highest BCUT2D eigenvalue weighted by molar-refractivity contribution is 7.99. The van der Waals surface area contributed by atoms with Gasteiger partial charge in [0, 0.05) is 86.9 Å². The first-order chi connectivity index (χ1) is 44.5. The van der Waals surface area contributed by atoms with Crippen molar-refractivity contribution in [2.45, 2.75) is 234 Å². The van der Waals surface area contributed by atoms with Crippen LogP contribution in [0.4, 0.5) is 0 Å². The van der Waals surface area contributed by atoms with Gasteiger partial charge in [0.1, 0.15) is 66.5 Å². The van der Waals surface area contributed by atoms with Gasteiger partial charge in [-0.2, -0.15) is 11.8 Å². The standard InChI is InChI=1S/C69H124N12O14S/c1-25-27-28-45(13)57(82)56-61(86)72-48(26-2)63(88)78(22)53(39-96-34-31-81-29-32-95-33-30-81)66(91)77(21)52(38-69(16,17)94)60(85)73-54(43(9)10)67(92)74(18)49(35-40(3)4)59(84)70-46(14)58(83)71-47(15)62(87)75(19)50(36-41(5)6)64(89)76(20)51(37-42(7)8)65(90)79(23)55(44(11)12)68(93)80(56)24/h25,27,40-57,82,94H,26,28-39H2,1-24H3,(H,70,84)(H,71,83)(H,72,86)(H,73,85)/b27-25+/t45-,46+,47-,48+,49+,50+,51+,52+,53+,54+,55+,56+,57-/m1/s1. The number of rotatable bonds is 20. The van der Waals surface area contributed by atoms with E-state index in [4.69, 9.17) is 4.74 Å². The molecule has 550 valence electrons. The Bertz CT molecular complexity index is 2630. The first-order valence-electron chi connectivity index (χ1n) is 34.5. The summed E-state index contributed by atoms with van der Waals surface area (Å²) in [6.07, 6.45) is 2.34. The topological polar surface area (TPSA) is 312 Å². The molecule has 0 bridgehead atoms. The first-order valence-corrected chi connectivity index (χ1v) is 35.6. The van der Waals surface area contributed by atoms with Crippen LogP contribution in [0.1, 0.15) is 156 Å². The molecular weight excluding hydrogens is 1250 g/mol. The van der Waals surface area contributed by atoms with Crippen LogP contribution >= 0.6 is 11.8 Å². The number of carbonyl (C=O) groups excluding carboxylic acids is 11. The normalized spacial score (nSPS) is 27.3. The van der Waals surface area contributed by atoms with E-state index in [-0.39, 0.29) is 62.0 Å². The Labute approximate surface area is 578 Å². The van der Waals surface area contributed by atoms with Crippen molar-refractivity contribution in [1.29, 1.82) is 0 Å². The minimum absolute atomic E-state index is 0.00699. The molecule has 0 unspecified atom stereocenters. The van der Waals surface area contributed by atoms with Gasteiger partial charge in [-0.3, -0.25) is 57.6 Å². The van der Waals surface area contributed by atoms with Gasteiger partial charge in [0.05, 0.1) is 24.9 Å². The second-order valence-electron chi connectivity index (χ2n) is 29.2. The van der Waals surface area contributed by atoms with E-state index in [2.05, 4.69) is 26.2 Å². The summed E-state index contributed by atoms with van der Waals surface area (Å²) in [6, 6.07) is -14.4. The Hall–Kier alpha value is -5.90. The zero-order valence-corrected chi connectivity index (χ0v) is 63.3. The summed E-state index contributed by atoms with van der Waals surface area (Å²) in [5.41, 5.74) is -1.59. The molecule has 96 heavy (non-hydrogen) atoms. The number of amides is 11. The predicted molar refractivity (Wildman–Crippen MR) is 373 cm³/mol. The van der Waals surface area contributed by atoms with E-state index >= 15 is 33.6 Å². The lowest BCUT2D eigenvalue weighted by Gasteiger charge is -2.41. The van der Waals surface area contributed by atoms with Crippen molar-refractivity contribution in [2.75, 3.05) is 93.7 Å². The summed E-state index contributed by atoms with van der Waals surface area (Å²) in [6.45, 7) is 32.1. The number of nitrogens with one attached hydrogen (secondary N) is 4. The number of aliphatic hydroxyl groups is 2. The number of morpholine rings is 1. The molecule has 2 aliphatic rings. The van der Waals surface area contributed by atoms with E-state index in [1.165, 1.54) is 113 Å². The van der Waals surface area contributed by atoms with Crippen LogP contribution in [0.3, 0.4) is 0 Å². The quantitative estimate of drug-likeness (QED) is 0.0754. The highest BCUT2D eigenvalue weighted by Crippen LogP contribution is 2.27. The molecule has 0 spiro atoms. The monoisotopic (exact) mass is 1380 g/mol. The smallest absolute Gasteiger partial charge is 0.246 e. The average Bonchev–Trinajstić information content (AvgIpc) is 0.812. The lowest BCUT2D eigenvalue weighted by atomic mass is 9.91. The number of ether oxygens (including phenoxy) is 1. The summed E-state index contributed by atoms with van der Waals surface area (Å²) in [7, 11) is 9.88. The zero-order valence-electron chi connectivity index (χ0n) is 62.5. The molecule has 2 heterocycles. The maximum absolute atomic E-state index is 15.4. The highest BCUT2D eigenvalue weighted by atomic mass is 32.2. The summed E-state index contributed by atoms with van der Waals surface area (Å²) in [4.78, 5) is 175. The van der Waals surface area contributed by atoms with Crippen LogP contribution < -0.4 is 21.3 Å². The van der Waals surface area contributed by atoms with E-state index in [0.29, 0.717) is 38.6 Å². The Balaban J connectivity index is 3.12. The number of thioether (sulfide) groups is 1. The van der Waals surface area contributed by atoms with Crippen LogP contribution in [0.2, 0.25) is 0 Å². The van der Waals surface area contributed by atoms with E-state index < -0.39 is 161 Å². The lowest BCUT2D eigenvalue weighted by Crippen LogP contribution is -2.64. The zero-order chi connectivity index (χ0) is 73.7. The van der Waals surface area contributed by atoms with E-state index in [0.717, 1.165) is 9.80 Å². The van der Waals surface area contributed by atoms with Crippen molar-refractivity contribution in [1.82, 2.24) is 60.5 Å². The average molecular weight is 1380 g/mol. The molecule has 6 N–H and O–H groups in total. The van der Waals surface area contributed by atoms with E-state index in [9.17, 15) is 29.4 Å². The van der Waals surface area contributed by atoms with Crippen LogP contribution in [0.25, 0.3) is 0 Å². The van der Waals surface area contributed by atoms with Crippen molar-refractivity contribution >= 4 is 76.7 Å². The Morgan fingerprint density at radius 2 is 0.979 bits per heavy atom. The van der Waals surface area contributed by atoms with Gasteiger partial charge < -0.3 is 70.5 Å². The largest absolute Gasteiger partial charge is 0.390 e. The Morgan fingerprint density at radius 3 is 1.47 bits per heavy atom. The van der Waals surface area contributed by atoms with Crippen LogP contribution in [0, 0.1) is 35.5 Å². The van der Waals surface area contributed by atoms with Crippen molar-refractivity contribution in [3.8, 4) is 0 Å². The second-order valence-corrected chi connectivity index (χ2v) is 30.4. The maximum atomic E-state index is 15.4. The number of nitrogens with zero attached hydrogens (tertiary/aromatic N) is 8. The Kier molecular flexibility index (Phi) is 35.6. The van der Waals surface area contributed by atoms with Crippen LogP contribution in [0.15, 0.2) is 12.2 Å². The first kappa shape index (κ1) is 86.2. The molecule has 11 amide bonds. The van der Waals surface area contributed by atoms with Gasteiger partial charge >= 0.3 is 0 Å². The van der Waals surface area contributed by atoms with Gasteiger partial charge in [-0.1, -0.05) is 95.2 Å². The van der Waals surface area contributed by atoms with Crippen LogP contribution in [-0.2, 0) is 57.5 Å².